The van der Waals surface area contributed by atoms with Crippen LogP contribution in [0.3, 0.4) is 0 Å². The molecule has 4 aromatic heterocycles. The molecule has 5 heterocycles. The molecule has 9 heteroatoms. The van der Waals surface area contributed by atoms with Gasteiger partial charge in [0.25, 0.3) is 0 Å². The van der Waals surface area contributed by atoms with Crippen molar-refractivity contribution < 1.29 is 0 Å². The van der Waals surface area contributed by atoms with Crippen molar-refractivity contribution in [1.29, 1.82) is 0 Å². The van der Waals surface area contributed by atoms with Crippen LogP contribution in [0.5, 0.6) is 0 Å². The molecule has 0 N–H and O–H groups in total. The number of hydrogen-bond donors (Lipinski definition) is 0. The predicted octanol–water partition coefficient (Wildman–Crippen LogP) is 4.34. The Kier molecular flexibility index (Phi) is 5.09. The number of hydrogen-bond acceptors (Lipinski definition) is 6. The van der Waals surface area contributed by atoms with Gasteiger partial charge in [-0.15, -0.1) is 15.3 Å². The van der Waals surface area contributed by atoms with Crippen LogP contribution >= 0.6 is 11.6 Å². The van der Waals surface area contributed by atoms with E-state index in [1.807, 2.05) is 35.9 Å². The first-order valence-electron chi connectivity index (χ1n) is 10.6. The summed E-state index contributed by atoms with van der Waals surface area (Å²) in [5.74, 6) is 2.07. The molecule has 0 saturated carbocycles. The van der Waals surface area contributed by atoms with Crippen molar-refractivity contribution in [2.75, 3.05) is 11.4 Å². The summed E-state index contributed by atoms with van der Waals surface area (Å²) in [7, 11) is 0. The van der Waals surface area contributed by atoms with Crippen LogP contribution in [0, 0.1) is 12.8 Å². The average molecular weight is 437 g/mol. The lowest BCUT2D eigenvalue weighted by atomic mass is 10.1. The van der Waals surface area contributed by atoms with Crippen LogP contribution in [0.1, 0.15) is 44.0 Å². The van der Waals surface area contributed by atoms with Gasteiger partial charge in [0.15, 0.2) is 11.5 Å². The van der Waals surface area contributed by atoms with E-state index in [-0.39, 0.29) is 6.04 Å². The minimum absolute atomic E-state index is 0.152. The molecule has 8 nitrogen and oxygen atoms in total. The fraction of sp³-hybridized carbons (Fsp3) is 0.409. The van der Waals surface area contributed by atoms with E-state index in [0.717, 1.165) is 53.7 Å². The second-order valence-corrected chi connectivity index (χ2v) is 8.80. The van der Waals surface area contributed by atoms with Crippen LogP contribution in [0.15, 0.2) is 36.7 Å². The molecule has 1 unspecified atom stereocenters. The highest BCUT2D eigenvalue weighted by Gasteiger charge is 2.33. The van der Waals surface area contributed by atoms with E-state index in [4.69, 9.17) is 21.8 Å². The first-order chi connectivity index (χ1) is 15.0. The van der Waals surface area contributed by atoms with E-state index < -0.39 is 0 Å². The lowest BCUT2D eigenvalue weighted by Crippen LogP contribution is -2.24. The van der Waals surface area contributed by atoms with Crippen molar-refractivity contribution in [3.05, 3.63) is 53.1 Å². The molecule has 0 aliphatic carbocycles. The minimum atomic E-state index is 0.152. The summed E-state index contributed by atoms with van der Waals surface area (Å²) in [5, 5.41) is 19.0. The highest BCUT2D eigenvalue weighted by molar-refractivity contribution is 6.30. The largest absolute Gasteiger partial charge is 0.348 e. The Morgan fingerprint density at radius 1 is 1.10 bits per heavy atom. The minimum Gasteiger partial charge on any atom is -0.348 e. The molecular formula is C22H25ClN8. The zero-order valence-corrected chi connectivity index (χ0v) is 18.7. The van der Waals surface area contributed by atoms with E-state index in [2.05, 4.69) is 33.9 Å². The maximum Gasteiger partial charge on any atom is 0.185 e. The van der Waals surface area contributed by atoms with Gasteiger partial charge in [0, 0.05) is 36.6 Å². The Morgan fingerprint density at radius 3 is 2.68 bits per heavy atom. The molecule has 31 heavy (non-hydrogen) atoms. The fourth-order valence-corrected chi connectivity index (χ4v) is 4.74. The standard InChI is InChI=1S/C22H25ClN8/c1-14(2)13-30-21(23)20(15(3)27-30)17-5-4-12-29(17)19-7-6-18-25-26-22(31(18)28-19)16-8-10-24-11-9-16/h6-11,14,17H,4-5,12-13H2,1-3H3. The van der Waals surface area contributed by atoms with Gasteiger partial charge in [0.1, 0.15) is 11.0 Å². The van der Waals surface area contributed by atoms with Crippen LogP contribution in [-0.4, -0.2) is 41.1 Å². The Hall–Kier alpha value is -3.00. The first-order valence-corrected chi connectivity index (χ1v) is 11.0. The van der Waals surface area contributed by atoms with Crippen LogP contribution in [0.25, 0.3) is 17.0 Å². The number of rotatable bonds is 5. The van der Waals surface area contributed by atoms with Gasteiger partial charge in [0.05, 0.1) is 11.7 Å². The Labute approximate surface area is 185 Å². The molecule has 1 aliphatic rings. The van der Waals surface area contributed by atoms with Crippen LogP contribution in [0.2, 0.25) is 5.15 Å². The lowest BCUT2D eigenvalue weighted by molar-refractivity contribution is 0.481. The van der Waals surface area contributed by atoms with Gasteiger partial charge in [-0.3, -0.25) is 9.67 Å². The number of pyridine rings is 1. The van der Waals surface area contributed by atoms with Gasteiger partial charge in [-0.2, -0.15) is 9.61 Å². The van der Waals surface area contributed by atoms with E-state index in [1.54, 1.807) is 16.9 Å². The normalized spacial score (nSPS) is 16.7. The molecule has 0 aromatic carbocycles. The molecule has 0 amide bonds. The van der Waals surface area contributed by atoms with Crippen molar-refractivity contribution in [2.24, 2.45) is 5.92 Å². The summed E-state index contributed by atoms with van der Waals surface area (Å²) >= 11 is 6.81. The summed E-state index contributed by atoms with van der Waals surface area (Å²) in [6, 6.07) is 7.96. The summed E-state index contributed by atoms with van der Waals surface area (Å²) in [6.45, 7) is 8.13. The zero-order valence-electron chi connectivity index (χ0n) is 17.9. The van der Waals surface area contributed by atoms with E-state index in [1.165, 1.54) is 0 Å². The number of nitrogens with zero attached hydrogens (tertiary/aromatic N) is 8. The molecule has 1 aliphatic heterocycles. The molecule has 160 valence electrons. The van der Waals surface area contributed by atoms with Crippen LogP contribution < -0.4 is 4.90 Å². The van der Waals surface area contributed by atoms with Crippen LogP contribution in [0.4, 0.5) is 5.82 Å². The Morgan fingerprint density at radius 2 is 1.90 bits per heavy atom. The van der Waals surface area contributed by atoms with Crippen LogP contribution in [-0.2, 0) is 6.54 Å². The van der Waals surface area contributed by atoms with Gasteiger partial charge in [-0.25, -0.2) is 0 Å². The number of fused-ring (bicyclic) bond motifs is 1. The quantitative estimate of drug-likeness (QED) is 0.463. The SMILES string of the molecule is Cc1nn(CC(C)C)c(Cl)c1C1CCCN1c1ccc2nnc(-c3ccncc3)n2n1. The van der Waals surface area contributed by atoms with E-state index >= 15 is 0 Å². The fourth-order valence-electron chi connectivity index (χ4n) is 4.37. The van der Waals surface area contributed by atoms with Crippen molar-refractivity contribution in [3.63, 3.8) is 0 Å². The Bertz CT molecular complexity index is 1210. The first kappa shape index (κ1) is 19.9. The molecule has 0 radical (unpaired) electrons. The molecule has 1 fully saturated rings. The predicted molar refractivity (Wildman–Crippen MR) is 120 cm³/mol. The van der Waals surface area contributed by atoms with Gasteiger partial charge >= 0.3 is 0 Å². The summed E-state index contributed by atoms with van der Waals surface area (Å²) in [5.41, 5.74) is 3.74. The monoisotopic (exact) mass is 436 g/mol. The average Bonchev–Trinajstić information content (AvgIpc) is 3.46. The third-order valence-corrected chi connectivity index (χ3v) is 6.11. The topological polar surface area (TPSA) is 77.0 Å². The second kappa shape index (κ2) is 7.92. The van der Waals surface area contributed by atoms with E-state index in [0.29, 0.717) is 17.4 Å². The second-order valence-electron chi connectivity index (χ2n) is 8.44. The van der Waals surface area contributed by atoms with Crippen molar-refractivity contribution in [3.8, 4) is 11.4 Å². The lowest BCUT2D eigenvalue weighted by Gasteiger charge is -2.26. The number of halogens is 1. The maximum absolute atomic E-state index is 6.81. The van der Waals surface area contributed by atoms with Gasteiger partial charge in [-0.1, -0.05) is 25.4 Å². The third-order valence-electron chi connectivity index (χ3n) is 5.72. The van der Waals surface area contributed by atoms with Gasteiger partial charge < -0.3 is 4.90 Å². The van der Waals surface area contributed by atoms with Gasteiger partial charge in [-0.05, 0) is 49.9 Å². The molecule has 4 aromatic rings. The smallest absolute Gasteiger partial charge is 0.185 e. The third kappa shape index (κ3) is 3.54. The Balaban J connectivity index is 1.54. The number of aryl methyl sites for hydroxylation is 1. The number of anilines is 1. The summed E-state index contributed by atoms with van der Waals surface area (Å²) < 4.78 is 3.74. The zero-order chi connectivity index (χ0) is 21.5. The molecule has 5 rings (SSSR count). The van der Waals surface area contributed by atoms with Crippen molar-refractivity contribution in [2.45, 2.75) is 46.2 Å². The summed E-state index contributed by atoms with van der Waals surface area (Å²) in [6.07, 6.45) is 5.59. The molecular weight excluding hydrogens is 412 g/mol. The molecule has 1 atom stereocenters. The highest BCUT2D eigenvalue weighted by Crippen LogP contribution is 2.40. The highest BCUT2D eigenvalue weighted by atomic mass is 35.5. The van der Waals surface area contributed by atoms with E-state index in [9.17, 15) is 0 Å². The molecule has 0 spiro atoms. The molecule has 1 saturated heterocycles. The summed E-state index contributed by atoms with van der Waals surface area (Å²) in [4.78, 5) is 6.41. The number of aromatic nitrogens is 7. The van der Waals surface area contributed by atoms with Gasteiger partial charge in [0.2, 0.25) is 0 Å². The van der Waals surface area contributed by atoms with Crippen molar-refractivity contribution in [1.82, 2.24) is 34.6 Å². The maximum atomic E-state index is 6.81. The molecule has 0 bridgehead atoms. The van der Waals surface area contributed by atoms with Crippen molar-refractivity contribution >= 4 is 23.1 Å².